The van der Waals surface area contributed by atoms with E-state index in [1.54, 1.807) is 36.4 Å². The molecule has 1 aliphatic rings. The predicted octanol–water partition coefficient (Wildman–Crippen LogP) is 4.13. The molecule has 0 aliphatic carbocycles. The van der Waals surface area contributed by atoms with Crippen molar-refractivity contribution in [3.63, 3.8) is 0 Å². The van der Waals surface area contributed by atoms with E-state index in [1.807, 2.05) is 18.2 Å². The first-order chi connectivity index (χ1) is 16.3. The van der Waals surface area contributed by atoms with Gasteiger partial charge in [-0.05, 0) is 47.0 Å². The van der Waals surface area contributed by atoms with Crippen molar-refractivity contribution in [2.75, 3.05) is 40.3 Å². The summed E-state index contributed by atoms with van der Waals surface area (Å²) in [4.78, 5) is 26.3. The van der Waals surface area contributed by atoms with Crippen molar-refractivity contribution in [1.82, 2.24) is 10.2 Å². The van der Waals surface area contributed by atoms with Crippen LogP contribution in [-0.4, -0.2) is 61.9 Å². The average Bonchev–Trinajstić information content (AvgIpc) is 2.85. The monoisotopic (exact) mass is 460 g/mol. The smallest absolute Gasteiger partial charge is 0.251 e. The average molecular weight is 461 g/mol. The number of nitrogens with zero attached hydrogens (tertiary/aromatic N) is 2. The molecule has 1 amide bonds. The van der Waals surface area contributed by atoms with E-state index in [9.17, 15) is 14.0 Å². The molecule has 5 nitrogen and oxygen atoms in total. The number of hydrogen-bond donors (Lipinski definition) is 1. The highest BCUT2D eigenvalue weighted by Crippen LogP contribution is 2.25. The van der Waals surface area contributed by atoms with Crippen LogP contribution in [0.5, 0.6) is 0 Å². The molecule has 1 aliphatic heterocycles. The summed E-state index contributed by atoms with van der Waals surface area (Å²) >= 11 is 0. The molecule has 6 heteroatoms. The summed E-state index contributed by atoms with van der Waals surface area (Å²) in [5, 5.41) is 2.94. The van der Waals surface area contributed by atoms with Gasteiger partial charge in [0, 0.05) is 42.9 Å². The molecule has 176 valence electrons. The highest BCUT2D eigenvalue weighted by molar-refractivity contribution is 5.94. The molecule has 0 aromatic heterocycles. The molecular weight excluding hydrogens is 429 g/mol. The van der Waals surface area contributed by atoms with Crippen LogP contribution in [0.1, 0.15) is 31.8 Å². The molecule has 0 radical (unpaired) electrons. The van der Waals surface area contributed by atoms with E-state index in [0.29, 0.717) is 22.3 Å². The summed E-state index contributed by atoms with van der Waals surface area (Å²) < 4.78 is 15.5. The van der Waals surface area contributed by atoms with E-state index >= 15 is 0 Å². The van der Waals surface area contributed by atoms with Crippen molar-refractivity contribution in [2.45, 2.75) is 13.1 Å². The van der Waals surface area contributed by atoms with Crippen molar-refractivity contribution < 1.29 is 18.5 Å². The van der Waals surface area contributed by atoms with Gasteiger partial charge in [0.2, 0.25) is 0 Å². The second-order valence-electron chi connectivity index (χ2n) is 9.60. The molecule has 34 heavy (non-hydrogen) atoms. The number of piperazine rings is 1. The molecule has 3 aromatic rings. The Balaban J connectivity index is 1.40. The zero-order valence-corrected chi connectivity index (χ0v) is 19.8. The van der Waals surface area contributed by atoms with Gasteiger partial charge in [0.25, 0.3) is 5.91 Å². The zero-order valence-electron chi connectivity index (χ0n) is 19.8. The lowest BCUT2D eigenvalue weighted by Gasteiger charge is -2.39. The lowest BCUT2D eigenvalue weighted by molar-refractivity contribution is -0.894. The number of nitrogens with one attached hydrogen (secondary N) is 1. The van der Waals surface area contributed by atoms with Crippen molar-refractivity contribution in [1.29, 1.82) is 0 Å². The normalized spacial score (nSPS) is 15.6. The maximum atomic E-state index is 14.5. The quantitative estimate of drug-likeness (QED) is 0.426. The van der Waals surface area contributed by atoms with Crippen LogP contribution in [-0.2, 0) is 13.1 Å². The van der Waals surface area contributed by atoms with E-state index in [2.05, 4.69) is 30.4 Å². The molecule has 1 fully saturated rings. The van der Waals surface area contributed by atoms with Crippen LogP contribution in [0.3, 0.4) is 0 Å². The number of rotatable bonds is 7. The number of halogens is 1. The third kappa shape index (κ3) is 5.95. The van der Waals surface area contributed by atoms with Gasteiger partial charge in [-0.1, -0.05) is 36.4 Å². The summed E-state index contributed by atoms with van der Waals surface area (Å²) in [5.74, 6) is -0.530. The summed E-state index contributed by atoms with van der Waals surface area (Å²) in [7, 11) is 4.52. The first-order valence-electron chi connectivity index (χ1n) is 11.6. The molecule has 0 saturated carbocycles. The maximum Gasteiger partial charge on any atom is 0.251 e. The van der Waals surface area contributed by atoms with Crippen LogP contribution < -0.4 is 5.32 Å². The molecule has 0 unspecified atom stereocenters. The molecule has 1 N–H and O–H groups in total. The van der Waals surface area contributed by atoms with Crippen LogP contribution in [0.15, 0.2) is 66.7 Å². The van der Waals surface area contributed by atoms with Crippen molar-refractivity contribution >= 4 is 12.2 Å². The molecule has 1 heterocycles. The second-order valence-corrected chi connectivity index (χ2v) is 9.60. The number of carbonyl (C=O) groups excluding carboxylic acids is 2. The highest BCUT2D eigenvalue weighted by Gasteiger charge is 2.24. The predicted molar refractivity (Wildman–Crippen MR) is 132 cm³/mol. The summed E-state index contributed by atoms with van der Waals surface area (Å²) in [6.45, 7) is 5.46. The summed E-state index contributed by atoms with van der Waals surface area (Å²) in [6, 6.07) is 19.3. The number of quaternary nitrogens is 1. The van der Waals surface area contributed by atoms with E-state index in [1.165, 1.54) is 6.07 Å². The molecule has 3 aromatic carbocycles. The first-order valence-corrected chi connectivity index (χ1v) is 11.6. The molecule has 0 spiro atoms. The Morgan fingerprint density at radius 2 is 1.76 bits per heavy atom. The molecular formula is C28H31FN3O2+. The fourth-order valence-electron chi connectivity index (χ4n) is 4.24. The van der Waals surface area contributed by atoms with Crippen molar-refractivity contribution in [3.05, 3.63) is 94.8 Å². The van der Waals surface area contributed by atoms with Crippen molar-refractivity contribution in [3.8, 4) is 11.1 Å². The number of likely N-dealkylation sites (N-methyl/N-ethyl adjacent to an activating group) is 1. The van der Waals surface area contributed by atoms with Crippen molar-refractivity contribution in [2.24, 2.45) is 0 Å². The summed E-state index contributed by atoms with van der Waals surface area (Å²) in [5.41, 5.74) is 4.04. The first kappa shape index (κ1) is 23.8. The van der Waals surface area contributed by atoms with E-state index < -0.39 is 0 Å². The van der Waals surface area contributed by atoms with Gasteiger partial charge in [0.05, 0.1) is 27.2 Å². The van der Waals surface area contributed by atoms with Crippen LogP contribution >= 0.6 is 0 Å². The highest BCUT2D eigenvalue weighted by atomic mass is 19.1. The third-order valence-corrected chi connectivity index (χ3v) is 6.46. The van der Waals surface area contributed by atoms with Gasteiger partial charge in [0.1, 0.15) is 12.1 Å². The van der Waals surface area contributed by atoms with E-state index in [4.69, 9.17) is 0 Å². The fourth-order valence-corrected chi connectivity index (χ4v) is 4.24. The minimum absolute atomic E-state index is 0.160. The van der Waals surface area contributed by atoms with Gasteiger partial charge in [-0.25, -0.2) is 4.39 Å². The standard InChI is InChI=1S/C28H30FN3O2/c1-32(2)13-11-31(12-14-32)19-22-5-3-8-25(15-22)28(34)30-18-21-9-10-27(29)26(17-21)24-7-4-6-23(16-24)20-33/h3-10,15-17,20H,11-14,18-19H2,1-2H3/p+1. The Labute approximate surface area is 200 Å². The van der Waals surface area contributed by atoms with Crippen LogP contribution in [0.2, 0.25) is 0 Å². The maximum absolute atomic E-state index is 14.5. The molecule has 1 saturated heterocycles. The molecule has 0 bridgehead atoms. The molecule has 0 atom stereocenters. The number of amides is 1. The Morgan fingerprint density at radius 3 is 2.53 bits per heavy atom. The van der Waals surface area contributed by atoms with Crippen LogP contribution in [0.4, 0.5) is 4.39 Å². The Hall–Kier alpha value is -3.35. The second kappa shape index (κ2) is 10.3. The van der Waals surface area contributed by atoms with E-state index in [0.717, 1.165) is 54.6 Å². The van der Waals surface area contributed by atoms with Crippen LogP contribution in [0, 0.1) is 5.82 Å². The lowest BCUT2D eigenvalue weighted by Crippen LogP contribution is -2.54. The minimum atomic E-state index is -0.370. The summed E-state index contributed by atoms with van der Waals surface area (Å²) in [6.07, 6.45) is 0.741. The number of carbonyl (C=O) groups is 2. The van der Waals surface area contributed by atoms with Gasteiger partial charge >= 0.3 is 0 Å². The Bertz CT molecular complexity index is 1180. The number of benzene rings is 3. The van der Waals surface area contributed by atoms with E-state index in [-0.39, 0.29) is 18.3 Å². The van der Waals surface area contributed by atoms with Gasteiger partial charge in [-0.15, -0.1) is 0 Å². The number of hydrogen-bond acceptors (Lipinski definition) is 3. The van der Waals surface area contributed by atoms with Gasteiger partial charge in [0.15, 0.2) is 0 Å². The number of aldehydes is 1. The Morgan fingerprint density at radius 1 is 1.00 bits per heavy atom. The fraction of sp³-hybridized carbons (Fsp3) is 0.286. The zero-order chi connectivity index (χ0) is 24.1. The van der Waals surface area contributed by atoms with Crippen LogP contribution in [0.25, 0.3) is 11.1 Å². The largest absolute Gasteiger partial charge is 0.348 e. The topological polar surface area (TPSA) is 49.4 Å². The SMILES string of the molecule is C[N+]1(C)CCN(Cc2cccc(C(=O)NCc3ccc(F)c(-c4cccc(C=O)c4)c3)c2)CC1. The Kier molecular flexibility index (Phi) is 7.20. The van der Waals surface area contributed by atoms with Gasteiger partial charge < -0.3 is 9.80 Å². The minimum Gasteiger partial charge on any atom is -0.348 e. The van der Waals surface area contributed by atoms with Gasteiger partial charge in [-0.2, -0.15) is 0 Å². The lowest BCUT2D eigenvalue weighted by atomic mass is 10.0. The third-order valence-electron chi connectivity index (χ3n) is 6.46. The molecule has 4 rings (SSSR count). The van der Waals surface area contributed by atoms with Gasteiger partial charge in [-0.3, -0.25) is 14.5 Å².